The normalized spacial score (nSPS) is 17.2. The molecule has 1 N–H and O–H groups in total. The van der Waals surface area contributed by atoms with Gasteiger partial charge in [0.1, 0.15) is 11.5 Å². The van der Waals surface area contributed by atoms with Crippen LogP contribution < -0.4 is 14.8 Å². The summed E-state index contributed by atoms with van der Waals surface area (Å²) >= 11 is 0. The quantitative estimate of drug-likeness (QED) is 0.796. The van der Waals surface area contributed by atoms with Crippen molar-refractivity contribution in [2.24, 2.45) is 5.92 Å². The Morgan fingerprint density at radius 3 is 2.64 bits per heavy atom. The summed E-state index contributed by atoms with van der Waals surface area (Å²) in [4.78, 5) is 19.6. The molecule has 1 amide bonds. The first-order chi connectivity index (χ1) is 13.6. The van der Waals surface area contributed by atoms with Gasteiger partial charge in [-0.25, -0.2) is 0 Å². The number of pyridine rings is 1. The number of ether oxygens (including phenoxy) is 2. The number of likely N-dealkylation sites (tertiary alicyclic amines) is 1. The molecule has 0 saturated carbocycles. The van der Waals surface area contributed by atoms with Gasteiger partial charge < -0.3 is 14.8 Å². The van der Waals surface area contributed by atoms with E-state index in [1.807, 2.05) is 13.0 Å². The van der Waals surface area contributed by atoms with E-state index in [9.17, 15) is 4.79 Å². The maximum absolute atomic E-state index is 12.6. The van der Waals surface area contributed by atoms with Crippen LogP contribution in [-0.2, 0) is 6.54 Å². The number of hydrogen-bond donors (Lipinski definition) is 1. The molecule has 1 aliphatic rings. The van der Waals surface area contributed by atoms with Gasteiger partial charge in [-0.3, -0.25) is 14.7 Å². The predicted octanol–water partition coefficient (Wildman–Crippen LogP) is 3.05. The smallest absolute Gasteiger partial charge is 0.251 e. The highest BCUT2D eigenvalue weighted by molar-refractivity contribution is 5.95. The van der Waals surface area contributed by atoms with Gasteiger partial charge in [0.25, 0.3) is 5.91 Å². The molecule has 1 fully saturated rings. The first-order valence-corrected chi connectivity index (χ1v) is 9.73. The first kappa shape index (κ1) is 20.1. The second kappa shape index (κ2) is 9.55. The van der Waals surface area contributed by atoms with Crippen LogP contribution in [0.2, 0.25) is 0 Å². The molecule has 1 aliphatic heterocycles. The lowest BCUT2D eigenvalue weighted by Gasteiger charge is -2.32. The van der Waals surface area contributed by atoms with E-state index in [1.54, 1.807) is 32.4 Å². The molecule has 0 radical (unpaired) electrons. The van der Waals surface area contributed by atoms with E-state index in [1.165, 1.54) is 0 Å². The topological polar surface area (TPSA) is 63.7 Å². The number of piperidine rings is 1. The molecule has 1 aromatic carbocycles. The zero-order valence-electron chi connectivity index (χ0n) is 16.9. The summed E-state index contributed by atoms with van der Waals surface area (Å²) in [7, 11) is 3.16. The number of rotatable bonds is 7. The number of aromatic nitrogens is 1. The summed E-state index contributed by atoms with van der Waals surface area (Å²) in [5, 5.41) is 3.07. The standard InChI is InChI=1S/C22H29N3O3/c1-16-6-4-8-19(24-16)15-25-9-5-7-17(14-25)13-23-22(26)18-10-20(27-2)12-21(11-18)28-3/h4,6,8,10-12,17H,5,7,9,13-15H2,1-3H3,(H,23,26)/t17-/m1/s1. The summed E-state index contributed by atoms with van der Waals surface area (Å²) in [6.45, 7) is 5.59. The van der Waals surface area contributed by atoms with Crippen LogP contribution in [0.25, 0.3) is 0 Å². The number of aryl methyl sites for hydroxylation is 1. The zero-order valence-corrected chi connectivity index (χ0v) is 16.9. The van der Waals surface area contributed by atoms with Gasteiger partial charge in [0, 0.05) is 37.0 Å². The third-order valence-electron chi connectivity index (χ3n) is 5.10. The minimum Gasteiger partial charge on any atom is -0.497 e. The Morgan fingerprint density at radius 1 is 1.21 bits per heavy atom. The molecule has 1 saturated heterocycles. The Balaban J connectivity index is 1.54. The lowest BCUT2D eigenvalue weighted by Crippen LogP contribution is -2.40. The molecular weight excluding hydrogens is 354 g/mol. The number of nitrogens with zero attached hydrogens (tertiary/aromatic N) is 2. The largest absolute Gasteiger partial charge is 0.497 e. The van der Waals surface area contributed by atoms with Gasteiger partial charge in [0.05, 0.1) is 19.9 Å². The van der Waals surface area contributed by atoms with Gasteiger partial charge in [-0.2, -0.15) is 0 Å². The van der Waals surface area contributed by atoms with Crippen molar-refractivity contribution >= 4 is 5.91 Å². The molecule has 28 heavy (non-hydrogen) atoms. The number of methoxy groups -OCH3 is 2. The SMILES string of the molecule is COc1cc(OC)cc(C(=O)NC[C@H]2CCCN(Cc3cccc(C)n3)C2)c1. The van der Waals surface area contributed by atoms with Crippen LogP contribution in [0.4, 0.5) is 0 Å². The van der Waals surface area contributed by atoms with Crippen molar-refractivity contribution in [3.8, 4) is 11.5 Å². The van der Waals surface area contributed by atoms with Crippen molar-refractivity contribution in [3.05, 3.63) is 53.3 Å². The second-order valence-corrected chi connectivity index (χ2v) is 7.33. The predicted molar refractivity (Wildman–Crippen MR) is 109 cm³/mol. The molecule has 1 aromatic heterocycles. The van der Waals surface area contributed by atoms with Gasteiger partial charge >= 0.3 is 0 Å². The second-order valence-electron chi connectivity index (χ2n) is 7.33. The third-order valence-corrected chi connectivity index (χ3v) is 5.10. The molecule has 6 heteroatoms. The fraction of sp³-hybridized carbons (Fsp3) is 0.455. The Morgan fingerprint density at radius 2 is 1.96 bits per heavy atom. The average molecular weight is 383 g/mol. The molecule has 150 valence electrons. The lowest BCUT2D eigenvalue weighted by atomic mass is 9.97. The molecule has 1 atom stereocenters. The minimum atomic E-state index is -0.102. The maximum atomic E-state index is 12.6. The Labute approximate surface area is 166 Å². The van der Waals surface area contributed by atoms with E-state index in [2.05, 4.69) is 27.3 Å². The molecule has 0 aliphatic carbocycles. The lowest BCUT2D eigenvalue weighted by molar-refractivity contribution is 0.0929. The average Bonchev–Trinajstić information content (AvgIpc) is 2.72. The number of hydrogen-bond acceptors (Lipinski definition) is 5. The Hall–Kier alpha value is -2.60. The van der Waals surface area contributed by atoms with E-state index in [-0.39, 0.29) is 5.91 Å². The molecule has 0 bridgehead atoms. The van der Waals surface area contributed by atoms with Crippen molar-refractivity contribution < 1.29 is 14.3 Å². The number of carbonyl (C=O) groups excluding carboxylic acids is 1. The first-order valence-electron chi connectivity index (χ1n) is 9.73. The minimum absolute atomic E-state index is 0.102. The number of carbonyl (C=O) groups is 1. The van der Waals surface area contributed by atoms with Gasteiger partial charge in [-0.1, -0.05) is 6.07 Å². The van der Waals surface area contributed by atoms with Crippen LogP contribution in [0.1, 0.15) is 34.6 Å². The summed E-state index contributed by atoms with van der Waals surface area (Å²) < 4.78 is 10.5. The van der Waals surface area contributed by atoms with Crippen molar-refractivity contribution in [3.63, 3.8) is 0 Å². The molecule has 2 aromatic rings. The van der Waals surface area contributed by atoms with Crippen LogP contribution in [0.3, 0.4) is 0 Å². The summed E-state index contributed by atoms with van der Waals surface area (Å²) in [5.74, 6) is 1.56. The highest BCUT2D eigenvalue weighted by atomic mass is 16.5. The molecule has 2 heterocycles. The van der Waals surface area contributed by atoms with E-state index in [0.717, 1.165) is 43.9 Å². The maximum Gasteiger partial charge on any atom is 0.251 e. The summed E-state index contributed by atoms with van der Waals surface area (Å²) in [6.07, 6.45) is 2.26. The Kier molecular flexibility index (Phi) is 6.87. The Bertz CT molecular complexity index is 787. The van der Waals surface area contributed by atoms with Crippen LogP contribution >= 0.6 is 0 Å². The van der Waals surface area contributed by atoms with E-state index in [0.29, 0.717) is 29.5 Å². The van der Waals surface area contributed by atoms with E-state index in [4.69, 9.17) is 9.47 Å². The summed E-state index contributed by atoms with van der Waals surface area (Å²) in [6, 6.07) is 11.4. The fourth-order valence-corrected chi connectivity index (χ4v) is 3.66. The van der Waals surface area contributed by atoms with Crippen molar-refractivity contribution in [1.82, 2.24) is 15.2 Å². The summed E-state index contributed by atoms with van der Waals surface area (Å²) in [5.41, 5.74) is 2.70. The number of benzene rings is 1. The van der Waals surface area contributed by atoms with Gasteiger partial charge in [-0.15, -0.1) is 0 Å². The monoisotopic (exact) mass is 383 g/mol. The molecule has 0 unspecified atom stereocenters. The van der Waals surface area contributed by atoms with Crippen LogP contribution in [0, 0.1) is 12.8 Å². The highest BCUT2D eigenvalue weighted by Crippen LogP contribution is 2.23. The fourth-order valence-electron chi connectivity index (χ4n) is 3.66. The van der Waals surface area contributed by atoms with E-state index >= 15 is 0 Å². The number of amides is 1. The van der Waals surface area contributed by atoms with E-state index < -0.39 is 0 Å². The van der Waals surface area contributed by atoms with Crippen molar-refractivity contribution in [1.29, 1.82) is 0 Å². The molecule has 3 rings (SSSR count). The van der Waals surface area contributed by atoms with Gasteiger partial charge in [0.2, 0.25) is 0 Å². The molecule has 6 nitrogen and oxygen atoms in total. The molecular formula is C22H29N3O3. The van der Waals surface area contributed by atoms with Gasteiger partial charge in [-0.05, 0) is 56.5 Å². The van der Waals surface area contributed by atoms with Crippen molar-refractivity contribution in [2.45, 2.75) is 26.3 Å². The van der Waals surface area contributed by atoms with Gasteiger partial charge in [0.15, 0.2) is 0 Å². The highest BCUT2D eigenvalue weighted by Gasteiger charge is 2.21. The van der Waals surface area contributed by atoms with Crippen molar-refractivity contribution in [2.75, 3.05) is 33.9 Å². The van der Waals surface area contributed by atoms with Crippen LogP contribution in [-0.4, -0.2) is 49.6 Å². The zero-order chi connectivity index (χ0) is 19.9. The molecule has 0 spiro atoms. The third kappa shape index (κ3) is 5.45. The van der Waals surface area contributed by atoms with Crippen LogP contribution in [0.5, 0.6) is 11.5 Å². The van der Waals surface area contributed by atoms with Crippen LogP contribution in [0.15, 0.2) is 36.4 Å². The number of nitrogens with one attached hydrogen (secondary N) is 1.